The van der Waals surface area contributed by atoms with Crippen molar-refractivity contribution in [1.29, 1.82) is 0 Å². The molecule has 2 aliphatic rings. The SMILES string of the molecule is CC1(C)CCc2ccccc2[C@H]1NCc1nnc(C2CC2)o1. The van der Waals surface area contributed by atoms with Crippen LogP contribution in [0.2, 0.25) is 0 Å². The first-order valence-electron chi connectivity index (χ1n) is 8.27. The number of fused-ring (bicyclic) bond motifs is 1. The van der Waals surface area contributed by atoms with Gasteiger partial charge in [0.05, 0.1) is 6.54 Å². The number of aromatic nitrogens is 2. The van der Waals surface area contributed by atoms with E-state index in [0.717, 1.165) is 12.3 Å². The lowest BCUT2D eigenvalue weighted by atomic mass is 9.70. The molecule has 1 aromatic carbocycles. The highest BCUT2D eigenvalue weighted by atomic mass is 16.4. The highest BCUT2D eigenvalue weighted by Gasteiger charge is 2.35. The molecule has 0 unspecified atom stereocenters. The summed E-state index contributed by atoms with van der Waals surface area (Å²) < 4.78 is 5.77. The normalized spacial score (nSPS) is 23.3. The summed E-state index contributed by atoms with van der Waals surface area (Å²) in [4.78, 5) is 0. The van der Waals surface area contributed by atoms with Crippen molar-refractivity contribution in [2.75, 3.05) is 0 Å². The van der Waals surface area contributed by atoms with Crippen LogP contribution in [0, 0.1) is 5.41 Å². The minimum Gasteiger partial charge on any atom is -0.424 e. The van der Waals surface area contributed by atoms with E-state index >= 15 is 0 Å². The molecule has 0 bridgehead atoms. The van der Waals surface area contributed by atoms with Crippen LogP contribution in [-0.2, 0) is 13.0 Å². The Labute approximate surface area is 131 Å². The molecule has 1 aromatic heterocycles. The fourth-order valence-electron chi connectivity index (χ4n) is 3.47. The van der Waals surface area contributed by atoms with Crippen LogP contribution < -0.4 is 5.32 Å². The van der Waals surface area contributed by atoms with E-state index in [2.05, 4.69) is 53.6 Å². The largest absolute Gasteiger partial charge is 0.424 e. The van der Waals surface area contributed by atoms with Crippen LogP contribution in [0.5, 0.6) is 0 Å². The Morgan fingerprint density at radius 2 is 2.05 bits per heavy atom. The zero-order valence-electron chi connectivity index (χ0n) is 13.3. The van der Waals surface area contributed by atoms with Crippen molar-refractivity contribution in [3.63, 3.8) is 0 Å². The Balaban J connectivity index is 1.52. The molecule has 4 heteroatoms. The van der Waals surface area contributed by atoms with Gasteiger partial charge in [-0.3, -0.25) is 0 Å². The van der Waals surface area contributed by atoms with E-state index in [0.29, 0.717) is 24.4 Å². The first kappa shape index (κ1) is 13.9. The smallest absolute Gasteiger partial charge is 0.230 e. The highest BCUT2D eigenvalue weighted by molar-refractivity contribution is 5.34. The molecule has 1 N–H and O–H groups in total. The van der Waals surface area contributed by atoms with E-state index in [-0.39, 0.29) is 5.41 Å². The summed E-state index contributed by atoms with van der Waals surface area (Å²) in [5.74, 6) is 2.05. The zero-order valence-corrected chi connectivity index (χ0v) is 13.3. The molecular weight excluding hydrogens is 274 g/mol. The Morgan fingerprint density at radius 3 is 2.86 bits per heavy atom. The molecule has 1 fully saturated rings. The van der Waals surface area contributed by atoms with Gasteiger partial charge in [-0.05, 0) is 42.2 Å². The van der Waals surface area contributed by atoms with Gasteiger partial charge in [0.1, 0.15) is 0 Å². The van der Waals surface area contributed by atoms with E-state index in [1.54, 1.807) is 0 Å². The van der Waals surface area contributed by atoms with Crippen molar-refractivity contribution in [2.45, 2.75) is 58.0 Å². The first-order chi connectivity index (χ1) is 10.6. The van der Waals surface area contributed by atoms with Crippen molar-refractivity contribution < 1.29 is 4.42 Å². The van der Waals surface area contributed by atoms with E-state index in [9.17, 15) is 0 Å². The van der Waals surface area contributed by atoms with Crippen molar-refractivity contribution in [2.24, 2.45) is 5.41 Å². The van der Waals surface area contributed by atoms with E-state index < -0.39 is 0 Å². The van der Waals surface area contributed by atoms with E-state index in [4.69, 9.17) is 4.42 Å². The van der Waals surface area contributed by atoms with Crippen LogP contribution in [-0.4, -0.2) is 10.2 Å². The number of hydrogen-bond acceptors (Lipinski definition) is 4. The van der Waals surface area contributed by atoms with Gasteiger partial charge in [0, 0.05) is 12.0 Å². The van der Waals surface area contributed by atoms with Crippen molar-refractivity contribution in [3.8, 4) is 0 Å². The van der Waals surface area contributed by atoms with Gasteiger partial charge < -0.3 is 9.73 Å². The number of hydrogen-bond donors (Lipinski definition) is 1. The summed E-state index contributed by atoms with van der Waals surface area (Å²) in [5, 5.41) is 12.0. The standard InChI is InChI=1S/C18H23N3O/c1-18(2)10-9-12-5-3-4-6-14(12)16(18)19-11-15-20-21-17(22-15)13-7-8-13/h3-6,13,16,19H,7-11H2,1-2H3/t16-/m1/s1. The van der Waals surface area contributed by atoms with Crippen LogP contribution >= 0.6 is 0 Å². The second kappa shape index (κ2) is 5.20. The average Bonchev–Trinajstić information content (AvgIpc) is 3.25. The van der Waals surface area contributed by atoms with E-state index in [1.165, 1.54) is 30.4 Å². The molecule has 1 atom stereocenters. The Kier molecular flexibility index (Phi) is 3.30. The number of rotatable bonds is 4. The summed E-state index contributed by atoms with van der Waals surface area (Å²) in [6.07, 6.45) is 4.74. The third kappa shape index (κ3) is 2.56. The monoisotopic (exact) mass is 297 g/mol. The maximum absolute atomic E-state index is 5.77. The summed E-state index contributed by atoms with van der Waals surface area (Å²) in [5.41, 5.74) is 3.11. The predicted molar refractivity (Wildman–Crippen MR) is 84.4 cm³/mol. The molecule has 0 radical (unpaired) electrons. The molecule has 1 heterocycles. The van der Waals surface area contributed by atoms with Crippen LogP contribution in [0.15, 0.2) is 28.7 Å². The third-order valence-electron chi connectivity index (χ3n) is 5.05. The van der Waals surface area contributed by atoms with Crippen molar-refractivity contribution in [1.82, 2.24) is 15.5 Å². The minimum absolute atomic E-state index is 0.230. The fourth-order valence-corrected chi connectivity index (χ4v) is 3.47. The van der Waals surface area contributed by atoms with Crippen LogP contribution in [0.3, 0.4) is 0 Å². The Bertz CT molecular complexity index is 672. The summed E-state index contributed by atoms with van der Waals surface area (Å²) >= 11 is 0. The second-order valence-electron chi connectivity index (χ2n) is 7.31. The highest BCUT2D eigenvalue weighted by Crippen LogP contribution is 2.43. The van der Waals surface area contributed by atoms with Crippen LogP contribution in [0.1, 0.15) is 68.0 Å². The Hall–Kier alpha value is -1.68. The average molecular weight is 297 g/mol. The number of nitrogens with one attached hydrogen (secondary N) is 1. The van der Waals surface area contributed by atoms with Crippen molar-refractivity contribution in [3.05, 3.63) is 47.2 Å². The Morgan fingerprint density at radius 1 is 1.23 bits per heavy atom. The molecule has 2 aromatic rings. The lowest BCUT2D eigenvalue weighted by Gasteiger charge is -2.40. The predicted octanol–water partition coefficient (Wildman–Crippen LogP) is 3.75. The molecule has 116 valence electrons. The quantitative estimate of drug-likeness (QED) is 0.933. The minimum atomic E-state index is 0.230. The van der Waals surface area contributed by atoms with Gasteiger partial charge >= 0.3 is 0 Å². The number of benzene rings is 1. The molecule has 4 rings (SSSR count). The van der Waals surface area contributed by atoms with Gasteiger partial charge in [0.15, 0.2) is 0 Å². The topological polar surface area (TPSA) is 51.0 Å². The lowest BCUT2D eigenvalue weighted by molar-refractivity contribution is 0.203. The number of aryl methyl sites for hydroxylation is 1. The maximum atomic E-state index is 5.77. The molecule has 0 spiro atoms. The summed E-state index contributed by atoms with van der Waals surface area (Å²) in [6.45, 7) is 5.32. The summed E-state index contributed by atoms with van der Waals surface area (Å²) in [7, 11) is 0. The van der Waals surface area contributed by atoms with Gasteiger partial charge in [0.25, 0.3) is 0 Å². The van der Waals surface area contributed by atoms with Gasteiger partial charge in [0.2, 0.25) is 11.8 Å². The van der Waals surface area contributed by atoms with Gasteiger partial charge in [-0.15, -0.1) is 10.2 Å². The van der Waals surface area contributed by atoms with Crippen LogP contribution in [0.25, 0.3) is 0 Å². The van der Waals surface area contributed by atoms with Gasteiger partial charge in [-0.25, -0.2) is 0 Å². The number of nitrogens with zero attached hydrogens (tertiary/aromatic N) is 2. The van der Waals surface area contributed by atoms with Crippen molar-refractivity contribution >= 4 is 0 Å². The van der Waals surface area contributed by atoms with Gasteiger partial charge in [-0.1, -0.05) is 38.1 Å². The molecule has 22 heavy (non-hydrogen) atoms. The molecule has 2 aliphatic carbocycles. The second-order valence-corrected chi connectivity index (χ2v) is 7.31. The fraction of sp³-hybridized carbons (Fsp3) is 0.556. The molecule has 4 nitrogen and oxygen atoms in total. The molecule has 0 saturated heterocycles. The first-order valence-corrected chi connectivity index (χ1v) is 8.27. The third-order valence-corrected chi connectivity index (χ3v) is 5.05. The van der Waals surface area contributed by atoms with E-state index in [1.807, 2.05) is 0 Å². The van der Waals surface area contributed by atoms with Crippen LogP contribution in [0.4, 0.5) is 0 Å². The van der Waals surface area contributed by atoms with Gasteiger partial charge in [-0.2, -0.15) is 0 Å². The maximum Gasteiger partial charge on any atom is 0.230 e. The molecule has 0 amide bonds. The zero-order chi connectivity index (χ0) is 15.2. The summed E-state index contributed by atoms with van der Waals surface area (Å²) in [6, 6.07) is 9.09. The molecule has 1 saturated carbocycles. The molecule has 0 aliphatic heterocycles. The lowest BCUT2D eigenvalue weighted by Crippen LogP contribution is -2.37. The molecular formula is C18H23N3O.